The number of hydrogen-bond donors (Lipinski definition) is 1. The molecule has 0 aromatic heterocycles. The zero-order chi connectivity index (χ0) is 9.03. The van der Waals surface area contributed by atoms with E-state index in [1.165, 1.54) is 0 Å². The summed E-state index contributed by atoms with van der Waals surface area (Å²) in [5, 5.41) is 5.11. The van der Waals surface area contributed by atoms with Crippen molar-refractivity contribution in [3.8, 4) is 11.2 Å². The second kappa shape index (κ2) is 4.13. The summed E-state index contributed by atoms with van der Waals surface area (Å²) in [4.78, 5) is 0. The molecule has 0 spiro atoms. The summed E-state index contributed by atoms with van der Waals surface area (Å²) in [6.07, 6.45) is 3.12. The van der Waals surface area contributed by atoms with Crippen molar-refractivity contribution < 1.29 is 8.42 Å². The van der Waals surface area contributed by atoms with Gasteiger partial charge in [-0.2, -0.15) is 8.42 Å². The molecule has 1 saturated heterocycles. The number of rotatable bonds is 0. The lowest BCUT2D eigenvalue weighted by Gasteiger charge is -2.17. The van der Waals surface area contributed by atoms with Gasteiger partial charge in [0, 0.05) is 15.9 Å². The Bertz CT molecular complexity index is 295. The van der Waals surface area contributed by atoms with E-state index in [1.807, 2.05) is 5.25 Å². The molecule has 0 saturated carbocycles. The van der Waals surface area contributed by atoms with Crippen molar-refractivity contribution in [2.45, 2.75) is 25.3 Å². The summed E-state index contributed by atoms with van der Waals surface area (Å²) in [6.45, 7) is 0.904. The minimum absolute atomic E-state index is 0.00715. The summed E-state index contributed by atoms with van der Waals surface area (Å²) in [5.74, 6) is 2.58. The molecule has 0 amide bonds. The Morgan fingerprint density at radius 2 is 2.17 bits per heavy atom. The predicted molar refractivity (Wildman–Crippen MR) is 48.2 cm³/mol. The van der Waals surface area contributed by atoms with Gasteiger partial charge in [0.05, 0.1) is 6.04 Å². The third-order valence-electron chi connectivity index (χ3n) is 1.67. The smallest absolute Gasteiger partial charge is 0.300 e. The highest BCUT2D eigenvalue weighted by molar-refractivity contribution is 8.17. The third-order valence-corrected chi connectivity index (χ3v) is 2.26. The van der Waals surface area contributed by atoms with Crippen LogP contribution in [-0.4, -0.2) is 21.0 Å². The molecule has 1 fully saturated rings. The molecule has 5 heteroatoms. The Hall–Kier alpha value is -0.240. The first-order valence-electron chi connectivity index (χ1n) is 3.78. The van der Waals surface area contributed by atoms with Crippen LogP contribution in [0.2, 0.25) is 0 Å². The molecule has 1 N–H and O–H groups in total. The second-order valence-corrected chi connectivity index (χ2v) is 4.99. The second-order valence-electron chi connectivity index (χ2n) is 2.69. The van der Waals surface area contributed by atoms with Crippen molar-refractivity contribution in [3.05, 3.63) is 0 Å². The average molecular weight is 208 g/mol. The molecule has 1 aliphatic heterocycles. The number of nitrogens with one attached hydrogen (secondary N) is 1. The maximum absolute atomic E-state index is 10.4. The zero-order valence-corrected chi connectivity index (χ0v) is 8.08. The van der Waals surface area contributed by atoms with Crippen LogP contribution in [0.15, 0.2) is 0 Å². The Morgan fingerprint density at radius 3 is 2.67 bits per heavy atom. The lowest BCUT2D eigenvalue weighted by atomic mass is 10.1. The minimum atomic E-state index is -3.65. The van der Waals surface area contributed by atoms with Gasteiger partial charge < -0.3 is 5.32 Å². The first kappa shape index (κ1) is 9.85. The van der Waals surface area contributed by atoms with Crippen molar-refractivity contribution >= 4 is 19.7 Å². The maximum Gasteiger partial charge on any atom is 0.300 e. The van der Waals surface area contributed by atoms with Crippen LogP contribution in [0, 0.1) is 11.2 Å². The first-order chi connectivity index (χ1) is 5.58. The van der Waals surface area contributed by atoms with Crippen molar-refractivity contribution in [2.75, 3.05) is 6.54 Å². The van der Waals surface area contributed by atoms with E-state index in [0.717, 1.165) is 25.8 Å². The van der Waals surface area contributed by atoms with E-state index >= 15 is 0 Å². The normalized spacial score (nSPS) is 24.2. The van der Waals surface area contributed by atoms with Crippen molar-refractivity contribution in [1.82, 2.24) is 5.32 Å². The van der Waals surface area contributed by atoms with Crippen LogP contribution in [0.3, 0.4) is 0 Å². The Kier molecular flexibility index (Phi) is 3.39. The molecule has 1 unspecified atom stereocenters. The van der Waals surface area contributed by atoms with Gasteiger partial charge in [-0.3, -0.25) is 0 Å². The summed E-state index contributed by atoms with van der Waals surface area (Å²) in [7, 11) is 1.27. The van der Waals surface area contributed by atoms with E-state index in [0.29, 0.717) is 0 Å². The van der Waals surface area contributed by atoms with Gasteiger partial charge in [-0.25, -0.2) is 0 Å². The molecule has 0 radical (unpaired) electrons. The maximum atomic E-state index is 10.4. The Morgan fingerprint density at radius 1 is 1.42 bits per heavy atom. The van der Waals surface area contributed by atoms with E-state index < -0.39 is 9.05 Å². The van der Waals surface area contributed by atoms with Gasteiger partial charge in [0.2, 0.25) is 0 Å². The molecule has 68 valence electrons. The zero-order valence-electron chi connectivity index (χ0n) is 6.51. The molecule has 1 atom stereocenters. The summed E-state index contributed by atoms with van der Waals surface area (Å²) >= 11 is 0. The first-order valence-corrected chi connectivity index (χ1v) is 6.09. The highest BCUT2D eigenvalue weighted by Gasteiger charge is 2.09. The van der Waals surface area contributed by atoms with Crippen molar-refractivity contribution in [3.63, 3.8) is 0 Å². The summed E-state index contributed by atoms with van der Waals surface area (Å²) < 4.78 is 20.9. The third kappa shape index (κ3) is 3.96. The predicted octanol–water partition coefficient (Wildman–Crippen LogP) is 0.658. The molecule has 0 bridgehead atoms. The fourth-order valence-electron chi connectivity index (χ4n) is 1.12. The van der Waals surface area contributed by atoms with Gasteiger partial charge in [0.1, 0.15) is 0 Å². The lowest BCUT2D eigenvalue weighted by Crippen LogP contribution is -2.32. The fraction of sp³-hybridized carbons (Fsp3) is 0.714. The SMILES string of the molecule is O=S(=O)(Cl)C#CC1CCCCN1. The molecule has 12 heavy (non-hydrogen) atoms. The number of hydrogen-bond acceptors (Lipinski definition) is 3. The summed E-state index contributed by atoms with van der Waals surface area (Å²) in [6, 6.07) is -0.00715. The van der Waals surface area contributed by atoms with Crippen LogP contribution in [0.4, 0.5) is 0 Å². The molecule has 1 heterocycles. The molecule has 0 aliphatic carbocycles. The molecular formula is C7H10ClNO2S. The standard InChI is InChI=1S/C7H10ClNO2S/c8-12(10,11)6-4-7-3-1-2-5-9-7/h7,9H,1-3,5H2. The van der Waals surface area contributed by atoms with Gasteiger partial charge in [-0.05, 0) is 25.8 Å². The Labute approximate surface area is 76.9 Å². The van der Waals surface area contributed by atoms with Gasteiger partial charge >= 0.3 is 9.05 Å². The molecule has 0 aromatic rings. The van der Waals surface area contributed by atoms with Crippen LogP contribution in [0.5, 0.6) is 0 Å². The molecule has 0 aromatic carbocycles. The summed E-state index contributed by atoms with van der Waals surface area (Å²) in [5.41, 5.74) is 0. The quantitative estimate of drug-likeness (QED) is 0.469. The monoisotopic (exact) mass is 207 g/mol. The minimum Gasteiger partial charge on any atom is -0.304 e. The van der Waals surface area contributed by atoms with E-state index in [9.17, 15) is 8.42 Å². The van der Waals surface area contributed by atoms with Gasteiger partial charge in [-0.15, -0.1) is 0 Å². The fourth-order valence-corrected chi connectivity index (χ4v) is 1.53. The van der Waals surface area contributed by atoms with E-state index in [1.54, 1.807) is 0 Å². The highest BCUT2D eigenvalue weighted by atomic mass is 35.7. The van der Waals surface area contributed by atoms with E-state index in [-0.39, 0.29) is 6.04 Å². The van der Waals surface area contributed by atoms with Gasteiger partial charge in [0.25, 0.3) is 0 Å². The lowest BCUT2D eigenvalue weighted by molar-refractivity contribution is 0.464. The average Bonchev–Trinajstić information content (AvgIpc) is 2.02. The van der Waals surface area contributed by atoms with Crippen LogP contribution in [0.25, 0.3) is 0 Å². The van der Waals surface area contributed by atoms with Crippen LogP contribution < -0.4 is 5.32 Å². The van der Waals surface area contributed by atoms with Crippen molar-refractivity contribution in [2.24, 2.45) is 0 Å². The van der Waals surface area contributed by atoms with Gasteiger partial charge in [-0.1, -0.05) is 5.92 Å². The topological polar surface area (TPSA) is 46.2 Å². The Balaban J connectivity index is 2.53. The van der Waals surface area contributed by atoms with Crippen LogP contribution >= 0.6 is 10.7 Å². The number of piperidine rings is 1. The van der Waals surface area contributed by atoms with Crippen LogP contribution in [-0.2, 0) is 9.05 Å². The van der Waals surface area contributed by atoms with E-state index in [4.69, 9.17) is 10.7 Å². The van der Waals surface area contributed by atoms with Crippen LogP contribution in [0.1, 0.15) is 19.3 Å². The largest absolute Gasteiger partial charge is 0.304 e. The molecular weight excluding hydrogens is 198 g/mol. The van der Waals surface area contributed by atoms with Crippen molar-refractivity contribution in [1.29, 1.82) is 0 Å². The molecule has 1 aliphatic rings. The van der Waals surface area contributed by atoms with Gasteiger partial charge in [0.15, 0.2) is 0 Å². The highest BCUT2D eigenvalue weighted by Crippen LogP contribution is 2.05. The molecule has 1 rings (SSSR count). The number of halogens is 1. The molecule has 3 nitrogen and oxygen atoms in total. The van der Waals surface area contributed by atoms with E-state index in [2.05, 4.69) is 11.2 Å².